The van der Waals surface area contributed by atoms with Crippen molar-refractivity contribution in [3.63, 3.8) is 0 Å². The van der Waals surface area contributed by atoms with Gasteiger partial charge in [0, 0.05) is 0 Å². The summed E-state index contributed by atoms with van der Waals surface area (Å²) in [5.41, 5.74) is -0.269. The maximum Gasteiger partial charge on any atom is 0.343 e. The van der Waals surface area contributed by atoms with Crippen molar-refractivity contribution in [3.8, 4) is 35.1 Å². The van der Waals surface area contributed by atoms with Crippen LogP contribution in [0, 0.1) is 0 Å². The maximum absolute atomic E-state index is 11.8. The average molecular weight is 405 g/mol. The van der Waals surface area contributed by atoms with Crippen molar-refractivity contribution in [1.29, 1.82) is 0 Å². The number of aromatic carboxylic acids is 1. The van der Waals surface area contributed by atoms with Crippen LogP contribution in [0.5, 0.6) is 35.1 Å². The van der Waals surface area contributed by atoms with Gasteiger partial charge in [-0.05, 0) is 12.1 Å². The Morgan fingerprint density at radius 1 is 0.964 bits per heavy atom. The molecule has 2 aromatic heterocycles. The van der Waals surface area contributed by atoms with Gasteiger partial charge in [0.1, 0.15) is 17.1 Å². The van der Waals surface area contributed by atoms with Crippen LogP contribution in [0.25, 0.3) is 0 Å². The molecule has 0 aliphatic heterocycles. The number of halogens is 1. The summed E-state index contributed by atoms with van der Waals surface area (Å²) in [6.45, 7) is 0. The Hall–Kier alpha value is -3.66. The molecule has 0 fully saturated rings. The third-order valence-corrected chi connectivity index (χ3v) is 3.46. The van der Waals surface area contributed by atoms with Crippen molar-refractivity contribution in [2.24, 2.45) is 0 Å². The second kappa shape index (κ2) is 8.35. The van der Waals surface area contributed by atoms with Crippen LogP contribution in [0.15, 0.2) is 36.7 Å². The van der Waals surface area contributed by atoms with E-state index in [0.29, 0.717) is 0 Å². The van der Waals surface area contributed by atoms with Gasteiger partial charge in [0.05, 0.1) is 32.7 Å². The Balaban J connectivity index is 1.99. The first-order valence-electron chi connectivity index (χ1n) is 7.66. The first-order valence-corrected chi connectivity index (χ1v) is 8.04. The van der Waals surface area contributed by atoms with E-state index in [1.54, 1.807) is 0 Å². The molecular formula is C17H13ClN4O6. The van der Waals surface area contributed by atoms with Crippen molar-refractivity contribution < 1.29 is 28.8 Å². The summed E-state index contributed by atoms with van der Waals surface area (Å²) in [7, 11) is 2.82. The van der Waals surface area contributed by atoms with Gasteiger partial charge in [-0.1, -0.05) is 17.7 Å². The summed E-state index contributed by atoms with van der Waals surface area (Å²) < 4.78 is 21.2. The Bertz CT molecular complexity index is 994. The smallest absolute Gasteiger partial charge is 0.343 e. The van der Waals surface area contributed by atoms with Gasteiger partial charge < -0.3 is 24.1 Å². The molecule has 0 aliphatic carbocycles. The summed E-state index contributed by atoms with van der Waals surface area (Å²) in [6.07, 6.45) is 2.61. The first-order chi connectivity index (χ1) is 13.5. The highest BCUT2D eigenvalue weighted by atomic mass is 35.5. The number of ether oxygens (including phenoxy) is 4. The number of aromatic nitrogens is 4. The molecule has 28 heavy (non-hydrogen) atoms. The lowest BCUT2D eigenvalue weighted by Crippen LogP contribution is -2.05. The quantitative estimate of drug-likeness (QED) is 0.627. The normalized spacial score (nSPS) is 10.2. The summed E-state index contributed by atoms with van der Waals surface area (Å²) >= 11 is 5.77. The second-order valence-corrected chi connectivity index (χ2v) is 5.44. The fourth-order valence-electron chi connectivity index (χ4n) is 2.12. The number of methoxy groups -OCH3 is 2. The number of rotatable bonds is 7. The summed E-state index contributed by atoms with van der Waals surface area (Å²) in [4.78, 5) is 27.6. The molecule has 144 valence electrons. The minimum absolute atomic E-state index is 0.0199. The Kier molecular flexibility index (Phi) is 5.70. The van der Waals surface area contributed by atoms with Crippen molar-refractivity contribution >= 4 is 17.6 Å². The van der Waals surface area contributed by atoms with E-state index in [2.05, 4.69) is 19.9 Å². The molecule has 0 saturated carbocycles. The molecule has 0 unspecified atom stereocenters. The molecule has 0 aliphatic rings. The number of carboxylic acid groups (broad SMARTS) is 1. The molecule has 0 radical (unpaired) electrons. The zero-order valence-electron chi connectivity index (χ0n) is 14.6. The fraction of sp³-hybridized carbons (Fsp3) is 0.118. The Morgan fingerprint density at radius 2 is 1.61 bits per heavy atom. The van der Waals surface area contributed by atoms with Gasteiger partial charge in [-0.15, -0.1) is 0 Å². The number of carboxylic acids is 1. The molecule has 0 atom stereocenters. The van der Waals surface area contributed by atoms with Crippen LogP contribution in [0.2, 0.25) is 5.15 Å². The van der Waals surface area contributed by atoms with E-state index in [4.69, 9.17) is 30.5 Å². The summed E-state index contributed by atoms with van der Waals surface area (Å²) in [6, 6.07) is 5.68. The van der Waals surface area contributed by atoms with Gasteiger partial charge >= 0.3 is 12.0 Å². The summed E-state index contributed by atoms with van der Waals surface area (Å²) in [5.74, 6) is -1.01. The van der Waals surface area contributed by atoms with E-state index in [9.17, 15) is 9.90 Å². The molecule has 10 nitrogen and oxygen atoms in total. The van der Waals surface area contributed by atoms with E-state index in [-0.39, 0.29) is 45.9 Å². The minimum atomic E-state index is -1.30. The zero-order valence-corrected chi connectivity index (χ0v) is 15.4. The van der Waals surface area contributed by atoms with Crippen LogP contribution in [0.4, 0.5) is 0 Å². The molecule has 11 heteroatoms. The minimum Gasteiger partial charge on any atom is -0.481 e. The van der Waals surface area contributed by atoms with Gasteiger partial charge in [0.25, 0.3) is 0 Å². The van der Waals surface area contributed by atoms with E-state index in [0.717, 1.165) is 0 Å². The molecule has 1 N–H and O–H groups in total. The fourth-order valence-corrected chi connectivity index (χ4v) is 2.26. The van der Waals surface area contributed by atoms with Crippen LogP contribution in [0.3, 0.4) is 0 Å². The van der Waals surface area contributed by atoms with Crippen LogP contribution >= 0.6 is 11.6 Å². The second-order valence-electron chi connectivity index (χ2n) is 5.05. The summed E-state index contributed by atoms with van der Waals surface area (Å²) in [5, 5.41) is 9.74. The largest absolute Gasteiger partial charge is 0.481 e. The standard InChI is InChI=1S/C17H13ClN4O6/c1-25-12-6-13(26-2)22-17(21-12)28-10-5-3-4-9(15(10)16(23)24)27-14-8-19-7-11(18)20-14/h3-8H,1-2H3,(H,23,24). The van der Waals surface area contributed by atoms with Gasteiger partial charge in [-0.2, -0.15) is 15.0 Å². The maximum atomic E-state index is 11.8. The molecule has 2 heterocycles. The van der Waals surface area contributed by atoms with Crippen molar-refractivity contribution in [2.75, 3.05) is 14.2 Å². The predicted molar refractivity (Wildman–Crippen MR) is 95.7 cm³/mol. The van der Waals surface area contributed by atoms with Gasteiger partial charge in [0.15, 0.2) is 5.15 Å². The SMILES string of the molecule is COc1cc(OC)nc(Oc2cccc(Oc3cncc(Cl)n3)c2C(=O)O)n1. The van der Waals surface area contributed by atoms with E-state index < -0.39 is 5.97 Å². The molecule has 0 saturated heterocycles. The highest BCUT2D eigenvalue weighted by Gasteiger charge is 2.21. The van der Waals surface area contributed by atoms with E-state index in [1.165, 1.54) is 50.9 Å². The molecule has 0 spiro atoms. The van der Waals surface area contributed by atoms with Crippen LogP contribution in [-0.4, -0.2) is 45.2 Å². The molecular weight excluding hydrogens is 392 g/mol. The topological polar surface area (TPSA) is 126 Å². The van der Waals surface area contributed by atoms with Gasteiger partial charge in [-0.25, -0.2) is 4.79 Å². The van der Waals surface area contributed by atoms with Gasteiger partial charge in [0.2, 0.25) is 17.6 Å². The third kappa shape index (κ3) is 4.35. The molecule has 0 bridgehead atoms. The Labute approximate surface area is 163 Å². The van der Waals surface area contributed by atoms with Crippen molar-refractivity contribution in [3.05, 3.63) is 47.4 Å². The molecule has 3 aromatic rings. The number of carbonyl (C=O) groups is 1. The van der Waals surface area contributed by atoms with Crippen LogP contribution in [0.1, 0.15) is 10.4 Å². The van der Waals surface area contributed by atoms with Crippen LogP contribution < -0.4 is 18.9 Å². The zero-order chi connectivity index (χ0) is 20.1. The van der Waals surface area contributed by atoms with Crippen molar-refractivity contribution in [2.45, 2.75) is 0 Å². The van der Waals surface area contributed by atoms with Crippen molar-refractivity contribution in [1.82, 2.24) is 19.9 Å². The lowest BCUT2D eigenvalue weighted by atomic mass is 10.2. The Morgan fingerprint density at radius 3 is 2.18 bits per heavy atom. The van der Waals surface area contributed by atoms with E-state index >= 15 is 0 Å². The molecule has 1 aromatic carbocycles. The predicted octanol–water partition coefficient (Wildman–Crippen LogP) is 3.22. The third-order valence-electron chi connectivity index (χ3n) is 3.28. The molecule has 3 rings (SSSR count). The lowest BCUT2D eigenvalue weighted by Gasteiger charge is -2.12. The first kappa shape index (κ1) is 19.1. The highest BCUT2D eigenvalue weighted by molar-refractivity contribution is 6.29. The van der Waals surface area contributed by atoms with Gasteiger partial charge in [-0.3, -0.25) is 4.98 Å². The number of nitrogens with zero attached hydrogens (tertiary/aromatic N) is 4. The average Bonchev–Trinajstić information content (AvgIpc) is 2.67. The van der Waals surface area contributed by atoms with Crippen LogP contribution in [-0.2, 0) is 0 Å². The monoisotopic (exact) mass is 404 g/mol. The number of benzene rings is 1. The number of hydrogen-bond donors (Lipinski definition) is 1. The number of hydrogen-bond acceptors (Lipinski definition) is 9. The lowest BCUT2D eigenvalue weighted by molar-refractivity contribution is 0.0691. The van der Waals surface area contributed by atoms with E-state index in [1.807, 2.05) is 0 Å². The molecule has 0 amide bonds. The highest BCUT2D eigenvalue weighted by Crippen LogP contribution is 2.34.